The average Bonchev–Trinajstić information content (AvgIpc) is 2.35. The predicted molar refractivity (Wildman–Crippen MR) is 79.3 cm³/mol. The fraction of sp³-hybridized carbons (Fsp3) is 0.533. The summed E-state index contributed by atoms with van der Waals surface area (Å²) in [7, 11) is 0. The van der Waals surface area contributed by atoms with Gasteiger partial charge in [0.25, 0.3) is 0 Å². The Labute approximate surface area is 119 Å². The van der Waals surface area contributed by atoms with E-state index in [1.54, 1.807) is 0 Å². The van der Waals surface area contributed by atoms with Gasteiger partial charge in [-0.1, -0.05) is 55.8 Å². The van der Waals surface area contributed by atoms with Gasteiger partial charge in [0.1, 0.15) is 5.54 Å². The van der Waals surface area contributed by atoms with Crippen LogP contribution in [0.1, 0.15) is 44.9 Å². The molecule has 0 radical (unpaired) electrons. The van der Waals surface area contributed by atoms with E-state index in [9.17, 15) is 4.79 Å². The number of benzene rings is 1. The number of nitrogens with two attached hydrogens (primary N) is 1. The molecule has 1 fully saturated rings. The van der Waals surface area contributed by atoms with E-state index in [0.29, 0.717) is 5.02 Å². The molecular weight excluding hydrogens is 260 g/mol. The van der Waals surface area contributed by atoms with Crippen LogP contribution < -0.4 is 11.1 Å². The number of nitrogens with one attached hydrogen (secondary N) is 1. The van der Waals surface area contributed by atoms with Crippen LogP contribution in [-0.4, -0.2) is 11.4 Å². The Hall–Kier alpha value is -1.22. The van der Waals surface area contributed by atoms with E-state index in [-0.39, 0.29) is 5.91 Å². The third-order valence-corrected chi connectivity index (χ3v) is 4.26. The number of para-hydroxylation sites is 1. The summed E-state index contributed by atoms with van der Waals surface area (Å²) >= 11 is 6.17. The first-order chi connectivity index (χ1) is 9.14. The second kappa shape index (κ2) is 6.29. The third kappa shape index (κ3) is 3.41. The molecule has 3 N–H and O–H groups in total. The minimum atomic E-state index is -0.647. The highest BCUT2D eigenvalue weighted by Gasteiger charge is 2.36. The fourth-order valence-electron chi connectivity index (χ4n) is 2.76. The molecule has 2 rings (SSSR count). The Morgan fingerprint density at radius 3 is 2.26 bits per heavy atom. The smallest absolute Gasteiger partial charge is 0.243 e. The molecule has 104 valence electrons. The van der Waals surface area contributed by atoms with Crippen molar-refractivity contribution in [3.05, 3.63) is 29.3 Å². The Bertz CT molecular complexity index is 440. The predicted octanol–water partition coefficient (Wildman–Crippen LogP) is 3.72. The second-order valence-electron chi connectivity index (χ2n) is 5.32. The molecule has 0 aliphatic heterocycles. The summed E-state index contributed by atoms with van der Waals surface area (Å²) in [6.07, 6.45) is 7.21. The standard InChI is InChI=1S/C15H21ClN2O/c16-12-8-4-5-9-13(12)18-15(14(17)19)10-6-2-1-3-7-11-15/h4-5,8-9,18H,1-3,6-7,10-11H2,(H2,17,19). The van der Waals surface area contributed by atoms with Crippen molar-refractivity contribution in [1.29, 1.82) is 0 Å². The number of hydrogen-bond donors (Lipinski definition) is 2. The molecule has 0 heterocycles. The molecule has 1 aromatic carbocycles. The molecule has 1 aliphatic carbocycles. The van der Waals surface area contributed by atoms with Crippen molar-refractivity contribution >= 4 is 23.2 Å². The summed E-state index contributed by atoms with van der Waals surface area (Å²) in [4.78, 5) is 12.0. The Morgan fingerprint density at radius 1 is 1.11 bits per heavy atom. The quantitative estimate of drug-likeness (QED) is 0.886. The lowest BCUT2D eigenvalue weighted by atomic mass is 9.83. The molecule has 3 nitrogen and oxygen atoms in total. The molecule has 0 atom stereocenters. The van der Waals surface area contributed by atoms with E-state index >= 15 is 0 Å². The Balaban J connectivity index is 2.23. The third-order valence-electron chi connectivity index (χ3n) is 3.93. The van der Waals surface area contributed by atoms with Crippen molar-refractivity contribution in [1.82, 2.24) is 0 Å². The highest BCUT2D eigenvalue weighted by Crippen LogP contribution is 2.32. The number of carbonyl (C=O) groups excluding carboxylic acids is 1. The molecule has 1 aromatic rings. The van der Waals surface area contributed by atoms with Gasteiger partial charge in [-0.15, -0.1) is 0 Å². The van der Waals surface area contributed by atoms with E-state index in [1.165, 1.54) is 19.3 Å². The summed E-state index contributed by atoms with van der Waals surface area (Å²) in [5.41, 5.74) is 5.82. The molecule has 1 aliphatic rings. The highest BCUT2D eigenvalue weighted by molar-refractivity contribution is 6.33. The largest absolute Gasteiger partial charge is 0.370 e. The molecule has 19 heavy (non-hydrogen) atoms. The van der Waals surface area contributed by atoms with Crippen LogP contribution in [0.5, 0.6) is 0 Å². The molecule has 0 saturated heterocycles. The zero-order valence-electron chi connectivity index (χ0n) is 11.1. The van der Waals surface area contributed by atoms with Gasteiger partial charge in [-0.25, -0.2) is 0 Å². The van der Waals surface area contributed by atoms with Gasteiger partial charge in [-0.3, -0.25) is 4.79 Å². The molecule has 1 amide bonds. The van der Waals surface area contributed by atoms with Crippen molar-refractivity contribution < 1.29 is 4.79 Å². The molecular formula is C15H21ClN2O. The van der Waals surface area contributed by atoms with Gasteiger partial charge >= 0.3 is 0 Å². The van der Waals surface area contributed by atoms with Crippen LogP contribution >= 0.6 is 11.6 Å². The number of carbonyl (C=O) groups is 1. The van der Waals surface area contributed by atoms with Crippen LogP contribution in [0.25, 0.3) is 0 Å². The summed E-state index contributed by atoms with van der Waals surface area (Å²) < 4.78 is 0. The van der Waals surface area contributed by atoms with Crippen molar-refractivity contribution in [2.24, 2.45) is 5.73 Å². The molecule has 0 spiro atoms. The lowest BCUT2D eigenvalue weighted by Crippen LogP contribution is -2.50. The summed E-state index contributed by atoms with van der Waals surface area (Å²) in [5, 5.41) is 3.95. The van der Waals surface area contributed by atoms with Crippen molar-refractivity contribution in [2.45, 2.75) is 50.5 Å². The fourth-order valence-corrected chi connectivity index (χ4v) is 2.95. The Kier molecular flexibility index (Phi) is 4.70. The second-order valence-corrected chi connectivity index (χ2v) is 5.73. The number of amides is 1. The maximum absolute atomic E-state index is 12.0. The monoisotopic (exact) mass is 280 g/mol. The highest BCUT2D eigenvalue weighted by atomic mass is 35.5. The first-order valence-corrected chi connectivity index (χ1v) is 7.34. The number of rotatable bonds is 3. The van der Waals surface area contributed by atoms with Gasteiger partial charge in [0.05, 0.1) is 10.7 Å². The summed E-state index contributed by atoms with van der Waals surface area (Å²) in [6.45, 7) is 0. The average molecular weight is 281 g/mol. The summed E-state index contributed by atoms with van der Waals surface area (Å²) in [5.74, 6) is -0.269. The van der Waals surface area contributed by atoms with Crippen molar-refractivity contribution in [2.75, 3.05) is 5.32 Å². The molecule has 4 heteroatoms. The van der Waals surface area contributed by atoms with Crippen LogP contribution in [0, 0.1) is 0 Å². The number of primary amides is 1. The maximum atomic E-state index is 12.0. The number of hydrogen-bond acceptors (Lipinski definition) is 2. The minimum Gasteiger partial charge on any atom is -0.370 e. The first kappa shape index (κ1) is 14.2. The van der Waals surface area contributed by atoms with E-state index in [0.717, 1.165) is 31.4 Å². The SMILES string of the molecule is NC(=O)C1(Nc2ccccc2Cl)CCCCCCC1. The van der Waals surface area contributed by atoms with Crippen LogP contribution in [0.4, 0.5) is 5.69 Å². The van der Waals surface area contributed by atoms with Crippen LogP contribution in [-0.2, 0) is 4.79 Å². The Morgan fingerprint density at radius 2 is 1.68 bits per heavy atom. The van der Waals surface area contributed by atoms with Gasteiger partial charge in [0.15, 0.2) is 0 Å². The van der Waals surface area contributed by atoms with Gasteiger partial charge < -0.3 is 11.1 Å². The van der Waals surface area contributed by atoms with E-state index in [2.05, 4.69) is 5.32 Å². The van der Waals surface area contributed by atoms with Gasteiger partial charge in [0, 0.05) is 0 Å². The van der Waals surface area contributed by atoms with Crippen LogP contribution in [0.15, 0.2) is 24.3 Å². The lowest BCUT2D eigenvalue weighted by Gasteiger charge is -2.34. The maximum Gasteiger partial charge on any atom is 0.243 e. The topological polar surface area (TPSA) is 55.1 Å². The van der Waals surface area contributed by atoms with Gasteiger partial charge in [0.2, 0.25) is 5.91 Å². The molecule has 0 bridgehead atoms. The number of anilines is 1. The summed E-state index contributed by atoms with van der Waals surface area (Å²) in [6, 6.07) is 7.50. The van der Waals surface area contributed by atoms with E-state index in [4.69, 9.17) is 17.3 Å². The van der Waals surface area contributed by atoms with Crippen LogP contribution in [0.2, 0.25) is 5.02 Å². The van der Waals surface area contributed by atoms with Gasteiger partial charge in [-0.05, 0) is 25.0 Å². The minimum absolute atomic E-state index is 0.269. The number of halogens is 1. The van der Waals surface area contributed by atoms with E-state index < -0.39 is 5.54 Å². The zero-order valence-corrected chi connectivity index (χ0v) is 11.9. The van der Waals surface area contributed by atoms with Gasteiger partial charge in [-0.2, -0.15) is 0 Å². The first-order valence-electron chi connectivity index (χ1n) is 6.97. The van der Waals surface area contributed by atoms with Crippen molar-refractivity contribution in [3.63, 3.8) is 0 Å². The molecule has 0 aromatic heterocycles. The zero-order chi connectivity index (χ0) is 13.7. The van der Waals surface area contributed by atoms with Crippen LogP contribution in [0.3, 0.4) is 0 Å². The molecule has 0 unspecified atom stereocenters. The lowest BCUT2D eigenvalue weighted by molar-refractivity contribution is -0.123. The molecule has 1 saturated carbocycles. The van der Waals surface area contributed by atoms with Crippen molar-refractivity contribution in [3.8, 4) is 0 Å². The normalized spacial score (nSPS) is 19.2. The van der Waals surface area contributed by atoms with E-state index in [1.807, 2.05) is 24.3 Å².